The van der Waals surface area contributed by atoms with Gasteiger partial charge in [-0.05, 0) is 24.9 Å². The molecule has 0 radical (unpaired) electrons. The SMILES string of the molecule is CC(Cl)CC(C)(C)C(=O)Cl. The standard InChI is InChI=1S/C7H12Cl2O/c1-5(8)4-7(2,3)6(9)10/h5H,4H2,1-3H3. The van der Waals surface area contributed by atoms with E-state index in [1.165, 1.54) is 0 Å². The molecule has 0 N–H and O–H groups in total. The highest BCUT2D eigenvalue weighted by atomic mass is 35.5. The highest BCUT2D eigenvalue weighted by Gasteiger charge is 2.26. The van der Waals surface area contributed by atoms with Crippen molar-refractivity contribution in [1.29, 1.82) is 0 Å². The molecule has 0 amide bonds. The van der Waals surface area contributed by atoms with Gasteiger partial charge in [-0.25, -0.2) is 0 Å². The zero-order valence-corrected chi connectivity index (χ0v) is 7.96. The summed E-state index contributed by atoms with van der Waals surface area (Å²) in [6, 6.07) is 0. The first-order valence-corrected chi connectivity index (χ1v) is 4.01. The van der Waals surface area contributed by atoms with E-state index in [2.05, 4.69) is 0 Å². The number of halogens is 2. The molecule has 0 aromatic carbocycles. The van der Waals surface area contributed by atoms with E-state index >= 15 is 0 Å². The second-order valence-corrected chi connectivity index (χ2v) is 4.23. The van der Waals surface area contributed by atoms with Crippen molar-refractivity contribution in [3.05, 3.63) is 0 Å². The molecule has 10 heavy (non-hydrogen) atoms. The van der Waals surface area contributed by atoms with Crippen molar-refractivity contribution in [2.24, 2.45) is 5.41 Å². The maximum Gasteiger partial charge on any atom is 0.227 e. The average Bonchev–Trinajstić information content (AvgIpc) is 1.60. The zero-order chi connectivity index (χ0) is 8.36. The molecular formula is C7H12Cl2O. The van der Waals surface area contributed by atoms with Crippen LogP contribution in [-0.4, -0.2) is 10.6 Å². The van der Waals surface area contributed by atoms with Crippen LogP contribution in [0.4, 0.5) is 0 Å². The lowest BCUT2D eigenvalue weighted by atomic mass is 9.90. The Bertz CT molecular complexity index is 130. The number of alkyl halides is 1. The van der Waals surface area contributed by atoms with E-state index in [4.69, 9.17) is 23.2 Å². The summed E-state index contributed by atoms with van der Waals surface area (Å²) >= 11 is 11.0. The first kappa shape index (κ1) is 10.2. The van der Waals surface area contributed by atoms with Crippen LogP contribution in [0.2, 0.25) is 0 Å². The average molecular weight is 183 g/mol. The summed E-state index contributed by atoms with van der Waals surface area (Å²) < 4.78 is 0. The molecule has 1 unspecified atom stereocenters. The Hall–Kier alpha value is 0.250. The third kappa shape index (κ3) is 3.43. The van der Waals surface area contributed by atoms with Crippen LogP contribution in [0, 0.1) is 5.41 Å². The van der Waals surface area contributed by atoms with E-state index in [-0.39, 0.29) is 10.6 Å². The van der Waals surface area contributed by atoms with Crippen LogP contribution in [0.3, 0.4) is 0 Å². The van der Waals surface area contributed by atoms with Gasteiger partial charge in [-0.3, -0.25) is 4.79 Å². The molecule has 0 bridgehead atoms. The van der Waals surface area contributed by atoms with Crippen molar-refractivity contribution in [1.82, 2.24) is 0 Å². The van der Waals surface area contributed by atoms with Crippen LogP contribution >= 0.6 is 23.2 Å². The summed E-state index contributed by atoms with van der Waals surface area (Å²) in [5.74, 6) is 0. The van der Waals surface area contributed by atoms with Gasteiger partial charge in [0, 0.05) is 10.8 Å². The first-order valence-electron chi connectivity index (χ1n) is 3.20. The lowest BCUT2D eigenvalue weighted by molar-refractivity contribution is -0.119. The fourth-order valence-electron chi connectivity index (χ4n) is 0.783. The third-order valence-corrected chi connectivity index (χ3v) is 1.99. The van der Waals surface area contributed by atoms with Gasteiger partial charge in [-0.2, -0.15) is 0 Å². The van der Waals surface area contributed by atoms with E-state index < -0.39 is 5.41 Å². The summed E-state index contributed by atoms with van der Waals surface area (Å²) in [5.41, 5.74) is -0.483. The number of carbonyl (C=O) groups excluding carboxylic acids is 1. The number of hydrogen-bond acceptors (Lipinski definition) is 1. The Balaban J connectivity index is 4.00. The number of rotatable bonds is 3. The topological polar surface area (TPSA) is 17.1 Å². The minimum atomic E-state index is -0.483. The van der Waals surface area contributed by atoms with Gasteiger partial charge < -0.3 is 0 Å². The van der Waals surface area contributed by atoms with Gasteiger partial charge >= 0.3 is 0 Å². The Labute approximate surface area is 71.7 Å². The highest BCUT2D eigenvalue weighted by Crippen LogP contribution is 2.27. The van der Waals surface area contributed by atoms with E-state index in [9.17, 15) is 4.79 Å². The molecule has 0 aliphatic carbocycles. The third-order valence-electron chi connectivity index (χ3n) is 1.32. The molecule has 0 rings (SSSR count). The van der Waals surface area contributed by atoms with Crippen LogP contribution < -0.4 is 0 Å². The smallest absolute Gasteiger partial charge is 0.227 e. The minimum absolute atomic E-state index is 0.00213. The normalized spacial score (nSPS) is 14.9. The molecule has 0 fully saturated rings. The van der Waals surface area contributed by atoms with Gasteiger partial charge in [0.1, 0.15) is 0 Å². The molecule has 0 spiro atoms. The quantitative estimate of drug-likeness (QED) is 0.485. The molecule has 0 aliphatic rings. The predicted octanol–water partition coefficient (Wildman–Crippen LogP) is 2.80. The number of carbonyl (C=O) groups is 1. The Morgan fingerprint density at radius 2 is 2.00 bits per heavy atom. The maximum absolute atomic E-state index is 10.7. The fourth-order valence-corrected chi connectivity index (χ4v) is 1.25. The summed E-state index contributed by atoms with van der Waals surface area (Å²) in [5, 5.41) is -0.322. The monoisotopic (exact) mass is 182 g/mol. The van der Waals surface area contributed by atoms with Crippen LogP contribution in [0.5, 0.6) is 0 Å². The molecule has 60 valence electrons. The molecule has 3 heteroatoms. The van der Waals surface area contributed by atoms with Gasteiger partial charge in [0.15, 0.2) is 0 Å². The van der Waals surface area contributed by atoms with Crippen molar-refractivity contribution in [3.63, 3.8) is 0 Å². The number of hydrogen-bond donors (Lipinski definition) is 0. The van der Waals surface area contributed by atoms with Gasteiger partial charge in [0.25, 0.3) is 0 Å². The molecule has 0 aromatic heterocycles. The van der Waals surface area contributed by atoms with Crippen molar-refractivity contribution < 1.29 is 4.79 Å². The summed E-state index contributed by atoms with van der Waals surface area (Å²) in [7, 11) is 0. The van der Waals surface area contributed by atoms with Crippen molar-refractivity contribution >= 4 is 28.4 Å². The van der Waals surface area contributed by atoms with Crippen LogP contribution in [0.25, 0.3) is 0 Å². The van der Waals surface area contributed by atoms with Gasteiger partial charge in [0.2, 0.25) is 5.24 Å². The summed E-state index contributed by atoms with van der Waals surface area (Å²) in [6.07, 6.45) is 0.622. The van der Waals surface area contributed by atoms with E-state index in [0.29, 0.717) is 6.42 Å². The molecule has 0 saturated carbocycles. The second kappa shape index (κ2) is 3.59. The molecule has 1 atom stereocenters. The van der Waals surface area contributed by atoms with Crippen LogP contribution in [-0.2, 0) is 4.79 Å². The molecule has 0 saturated heterocycles. The van der Waals surface area contributed by atoms with Gasteiger partial charge in [-0.15, -0.1) is 11.6 Å². The fraction of sp³-hybridized carbons (Fsp3) is 0.857. The Morgan fingerprint density at radius 1 is 1.60 bits per heavy atom. The lowest BCUT2D eigenvalue weighted by Gasteiger charge is -2.20. The summed E-state index contributed by atoms with van der Waals surface area (Å²) in [4.78, 5) is 10.7. The van der Waals surface area contributed by atoms with Crippen LogP contribution in [0.15, 0.2) is 0 Å². The minimum Gasteiger partial charge on any atom is -0.281 e. The van der Waals surface area contributed by atoms with E-state index in [1.807, 2.05) is 6.92 Å². The lowest BCUT2D eigenvalue weighted by Crippen LogP contribution is -2.22. The Morgan fingerprint density at radius 3 is 2.10 bits per heavy atom. The molecule has 0 aliphatic heterocycles. The van der Waals surface area contributed by atoms with Crippen molar-refractivity contribution in [3.8, 4) is 0 Å². The highest BCUT2D eigenvalue weighted by molar-refractivity contribution is 6.64. The van der Waals surface area contributed by atoms with Crippen molar-refractivity contribution in [2.45, 2.75) is 32.6 Å². The first-order chi connectivity index (χ1) is 4.36. The van der Waals surface area contributed by atoms with Gasteiger partial charge in [-0.1, -0.05) is 13.8 Å². The van der Waals surface area contributed by atoms with Gasteiger partial charge in [0.05, 0.1) is 0 Å². The predicted molar refractivity (Wildman–Crippen MR) is 44.6 cm³/mol. The Kier molecular flexibility index (Phi) is 3.68. The molecule has 1 nitrogen and oxygen atoms in total. The van der Waals surface area contributed by atoms with Crippen molar-refractivity contribution in [2.75, 3.05) is 0 Å². The largest absolute Gasteiger partial charge is 0.281 e. The molecular weight excluding hydrogens is 171 g/mol. The molecule has 0 heterocycles. The van der Waals surface area contributed by atoms with E-state index in [1.54, 1.807) is 13.8 Å². The molecule has 0 aromatic rings. The second-order valence-electron chi connectivity index (χ2n) is 3.14. The van der Waals surface area contributed by atoms with E-state index in [0.717, 1.165) is 0 Å². The zero-order valence-electron chi connectivity index (χ0n) is 6.45. The van der Waals surface area contributed by atoms with Crippen LogP contribution in [0.1, 0.15) is 27.2 Å². The summed E-state index contributed by atoms with van der Waals surface area (Å²) in [6.45, 7) is 5.44. The maximum atomic E-state index is 10.7.